The van der Waals surface area contributed by atoms with Crippen LogP contribution in [0.5, 0.6) is 5.75 Å². The monoisotopic (exact) mass is 299 g/mol. The van der Waals surface area contributed by atoms with Gasteiger partial charge in [0.25, 0.3) is 5.91 Å². The SMILES string of the molecule is COC(=O)/C=C/C(=O)NC(=O)Oc1cccc2ccccc12. The van der Waals surface area contributed by atoms with Crippen molar-refractivity contribution in [2.24, 2.45) is 0 Å². The van der Waals surface area contributed by atoms with Crippen LogP contribution in [-0.4, -0.2) is 25.1 Å². The van der Waals surface area contributed by atoms with Crippen LogP contribution in [0.25, 0.3) is 10.8 Å². The number of methoxy groups -OCH3 is 1. The summed E-state index contributed by atoms with van der Waals surface area (Å²) in [5, 5.41) is 3.63. The largest absolute Gasteiger partial charge is 0.466 e. The lowest BCUT2D eigenvalue weighted by molar-refractivity contribution is -0.135. The summed E-state index contributed by atoms with van der Waals surface area (Å²) in [6.07, 6.45) is 0.854. The van der Waals surface area contributed by atoms with Gasteiger partial charge in [0.2, 0.25) is 0 Å². The van der Waals surface area contributed by atoms with Crippen LogP contribution in [0.3, 0.4) is 0 Å². The minimum absolute atomic E-state index is 0.334. The summed E-state index contributed by atoms with van der Waals surface area (Å²) in [6.45, 7) is 0. The van der Waals surface area contributed by atoms with E-state index in [1.54, 1.807) is 18.2 Å². The first-order valence-electron chi connectivity index (χ1n) is 6.37. The molecule has 0 fully saturated rings. The maximum absolute atomic E-state index is 11.7. The highest BCUT2D eigenvalue weighted by atomic mass is 16.6. The van der Waals surface area contributed by atoms with Gasteiger partial charge in [0.15, 0.2) is 0 Å². The van der Waals surface area contributed by atoms with Gasteiger partial charge >= 0.3 is 12.1 Å². The first-order valence-corrected chi connectivity index (χ1v) is 6.37. The molecule has 2 aromatic carbocycles. The van der Waals surface area contributed by atoms with Crippen LogP contribution in [0.15, 0.2) is 54.6 Å². The molecule has 2 aromatic rings. The number of esters is 1. The standard InChI is InChI=1S/C16H13NO5/c1-21-15(19)10-9-14(18)17-16(20)22-13-8-4-6-11-5-2-3-7-12(11)13/h2-10H,1H3,(H,17,18,20)/b10-9+. The molecule has 0 aliphatic rings. The van der Waals surface area contributed by atoms with Gasteiger partial charge in [0.1, 0.15) is 5.75 Å². The maximum atomic E-state index is 11.7. The number of carbonyl (C=O) groups is 3. The lowest BCUT2D eigenvalue weighted by Gasteiger charge is -2.07. The van der Waals surface area contributed by atoms with Crippen LogP contribution in [0.4, 0.5) is 4.79 Å². The number of benzene rings is 2. The highest BCUT2D eigenvalue weighted by Gasteiger charge is 2.10. The van der Waals surface area contributed by atoms with Gasteiger partial charge in [0.05, 0.1) is 7.11 Å². The Morgan fingerprint density at radius 1 is 1.00 bits per heavy atom. The molecule has 0 atom stereocenters. The molecule has 0 unspecified atom stereocenters. The minimum Gasteiger partial charge on any atom is -0.466 e. The Morgan fingerprint density at radius 2 is 1.73 bits per heavy atom. The highest BCUT2D eigenvalue weighted by molar-refractivity contribution is 6.02. The van der Waals surface area contributed by atoms with Gasteiger partial charge in [0, 0.05) is 17.5 Å². The minimum atomic E-state index is -0.934. The molecule has 2 amide bonds. The number of carbonyl (C=O) groups excluding carboxylic acids is 3. The summed E-state index contributed by atoms with van der Waals surface area (Å²) in [5.41, 5.74) is 0. The normalized spacial score (nSPS) is 10.4. The number of nitrogens with one attached hydrogen (secondary N) is 1. The van der Waals surface area contributed by atoms with E-state index in [0.29, 0.717) is 5.75 Å². The number of ether oxygens (including phenoxy) is 2. The predicted octanol–water partition coefficient (Wildman–Crippen LogP) is 2.18. The fraction of sp³-hybridized carbons (Fsp3) is 0.0625. The zero-order chi connectivity index (χ0) is 15.9. The van der Waals surface area contributed by atoms with E-state index in [2.05, 4.69) is 4.74 Å². The van der Waals surface area contributed by atoms with Gasteiger partial charge in [-0.2, -0.15) is 0 Å². The van der Waals surface area contributed by atoms with Gasteiger partial charge in [-0.1, -0.05) is 36.4 Å². The molecule has 0 heterocycles. The fourth-order valence-corrected chi connectivity index (χ4v) is 1.76. The molecular formula is C16H13NO5. The average molecular weight is 299 g/mol. The quantitative estimate of drug-likeness (QED) is 0.694. The molecule has 0 saturated heterocycles. The molecular weight excluding hydrogens is 286 g/mol. The van der Waals surface area contributed by atoms with E-state index in [4.69, 9.17) is 4.74 Å². The van der Waals surface area contributed by atoms with Crippen molar-refractivity contribution in [3.63, 3.8) is 0 Å². The molecule has 0 aliphatic heterocycles. The molecule has 22 heavy (non-hydrogen) atoms. The predicted molar refractivity (Wildman–Crippen MR) is 79.3 cm³/mol. The summed E-state index contributed by atoms with van der Waals surface area (Å²) in [5.74, 6) is -1.14. The lowest BCUT2D eigenvalue weighted by atomic mass is 10.1. The van der Waals surface area contributed by atoms with Crippen molar-refractivity contribution in [2.45, 2.75) is 0 Å². The average Bonchev–Trinajstić information content (AvgIpc) is 2.53. The van der Waals surface area contributed by atoms with Gasteiger partial charge in [-0.25, -0.2) is 9.59 Å². The summed E-state index contributed by atoms with van der Waals surface area (Å²) in [4.78, 5) is 33.9. The second-order valence-electron chi connectivity index (χ2n) is 4.21. The van der Waals surface area contributed by atoms with Crippen molar-refractivity contribution < 1.29 is 23.9 Å². The molecule has 0 aliphatic carbocycles. The van der Waals surface area contributed by atoms with E-state index < -0.39 is 18.0 Å². The molecule has 6 heteroatoms. The van der Waals surface area contributed by atoms with Gasteiger partial charge < -0.3 is 9.47 Å². The molecule has 0 bridgehead atoms. The Balaban J connectivity index is 2.04. The summed E-state index contributed by atoms with van der Waals surface area (Å²) < 4.78 is 9.44. The van der Waals surface area contributed by atoms with Crippen LogP contribution in [0.2, 0.25) is 0 Å². The van der Waals surface area contributed by atoms with Crippen LogP contribution >= 0.6 is 0 Å². The highest BCUT2D eigenvalue weighted by Crippen LogP contribution is 2.25. The number of rotatable bonds is 3. The van der Waals surface area contributed by atoms with E-state index in [0.717, 1.165) is 22.9 Å². The van der Waals surface area contributed by atoms with Crippen LogP contribution in [0, 0.1) is 0 Å². The molecule has 0 spiro atoms. The first kappa shape index (κ1) is 15.2. The number of imide groups is 1. The summed E-state index contributed by atoms with van der Waals surface area (Å²) in [6, 6.07) is 12.6. The second-order valence-corrected chi connectivity index (χ2v) is 4.21. The third-order valence-corrected chi connectivity index (χ3v) is 2.75. The smallest absolute Gasteiger partial charge is 0.419 e. The van der Waals surface area contributed by atoms with Crippen molar-refractivity contribution in [2.75, 3.05) is 7.11 Å². The third-order valence-electron chi connectivity index (χ3n) is 2.75. The zero-order valence-corrected chi connectivity index (χ0v) is 11.7. The third kappa shape index (κ3) is 3.92. The molecule has 0 aromatic heterocycles. The van der Waals surface area contributed by atoms with Gasteiger partial charge in [-0.05, 0) is 11.5 Å². The van der Waals surface area contributed by atoms with E-state index in [9.17, 15) is 14.4 Å². The Morgan fingerprint density at radius 3 is 2.50 bits per heavy atom. The summed E-state index contributed by atoms with van der Waals surface area (Å²) in [7, 11) is 1.18. The van der Waals surface area contributed by atoms with E-state index in [1.165, 1.54) is 7.11 Å². The second kappa shape index (κ2) is 7.03. The molecule has 0 saturated carbocycles. The van der Waals surface area contributed by atoms with Crippen molar-refractivity contribution in [1.82, 2.24) is 5.32 Å². The molecule has 6 nitrogen and oxygen atoms in total. The number of hydrogen-bond acceptors (Lipinski definition) is 5. The number of hydrogen-bond donors (Lipinski definition) is 1. The Kier molecular flexibility index (Phi) is 4.87. The van der Waals surface area contributed by atoms with Crippen LogP contribution < -0.4 is 10.1 Å². The molecule has 2 rings (SSSR count). The van der Waals surface area contributed by atoms with Crippen LogP contribution in [-0.2, 0) is 14.3 Å². The van der Waals surface area contributed by atoms with Crippen molar-refractivity contribution >= 4 is 28.7 Å². The van der Waals surface area contributed by atoms with Crippen molar-refractivity contribution in [1.29, 1.82) is 0 Å². The van der Waals surface area contributed by atoms with E-state index in [1.807, 2.05) is 29.6 Å². The molecule has 1 N–H and O–H groups in total. The number of amides is 2. The van der Waals surface area contributed by atoms with E-state index in [-0.39, 0.29) is 0 Å². The fourth-order valence-electron chi connectivity index (χ4n) is 1.76. The van der Waals surface area contributed by atoms with Crippen LogP contribution in [0.1, 0.15) is 0 Å². The van der Waals surface area contributed by atoms with Crippen molar-refractivity contribution in [3.05, 3.63) is 54.6 Å². The molecule has 0 radical (unpaired) electrons. The van der Waals surface area contributed by atoms with Gasteiger partial charge in [-0.15, -0.1) is 0 Å². The Hall–Kier alpha value is -3.15. The topological polar surface area (TPSA) is 81.7 Å². The van der Waals surface area contributed by atoms with Gasteiger partial charge in [-0.3, -0.25) is 10.1 Å². The Labute approximate surface area is 126 Å². The number of fused-ring (bicyclic) bond motifs is 1. The zero-order valence-electron chi connectivity index (χ0n) is 11.7. The van der Waals surface area contributed by atoms with Crippen molar-refractivity contribution in [3.8, 4) is 5.75 Å². The first-order chi connectivity index (χ1) is 10.6. The molecule has 112 valence electrons. The van der Waals surface area contributed by atoms with E-state index >= 15 is 0 Å². The summed E-state index contributed by atoms with van der Waals surface area (Å²) >= 11 is 0. The lowest BCUT2D eigenvalue weighted by Crippen LogP contribution is -2.31. The Bertz CT molecular complexity index is 746. The maximum Gasteiger partial charge on any atom is 0.419 e.